The summed E-state index contributed by atoms with van der Waals surface area (Å²) in [6, 6.07) is 46.5. The van der Waals surface area contributed by atoms with Crippen LogP contribution in [0.15, 0.2) is 140 Å². The maximum atomic E-state index is 12.1. The number of fused-ring (bicyclic) bond motifs is 1. The minimum absolute atomic E-state index is 0.0959. The minimum Gasteiger partial charge on any atom is -0.465 e. The summed E-state index contributed by atoms with van der Waals surface area (Å²) in [5, 5.41) is 22.1. The highest BCUT2D eigenvalue weighted by Crippen LogP contribution is 2.40. The Labute approximate surface area is 245 Å². The zero-order valence-corrected chi connectivity index (χ0v) is 23.0. The lowest BCUT2D eigenvalue weighted by Crippen LogP contribution is -2.35. The second-order valence-electron chi connectivity index (χ2n) is 9.96. The Balaban J connectivity index is 1.46. The normalized spacial score (nSPS) is 10.8. The third kappa shape index (κ3) is 5.29. The predicted molar refractivity (Wildman–Crippen MR) is 171 cm³/mol. The molecule has 0 radical (unpaired) electrons. The zero-order valence-electron chi connectivity index (χ0n) is 23.0. The molecule has 5 nitrogen and oxygen atoms in total. The molecule has 6 aromatic rings. The summed E-state index contributed by atoms with van der Waals surface area (Å²) in [5.74, 6) is -0.622. The van der Waals surface area contributed by atoms with Crippen LogP contribution in [0.1, 0.15) is 10.4 Å². The van der Waals surface area contributed by atoms with Gasteiger partial charge in [-0.2, -0.15) is 0 Å². The van der Waals surface area contributed by atoms with Crippen molar-refractivity contribution in [1.82, 2.24) is 0 Å². The van der Waals surface area contributed by atoms with Crippen molar-refractivity contribution in [1.29, 1.82) is 0 Å². The summed E-state index contributed by atoms with van der Waals surface area (Å²) in [5.41, 5.74) is 7.14. The molecule has 0 atom stereocenters. The maximum absolute atomic E-state index is 12.1. The van der Waals surface area contributed by atoms with E-state index in [4.69, 9.17) is 4.74 Å². The van der Waals surface area contributed by atoms with Crippen molar-refractivity contribution >= 4 is 46.4 Å². The van der Waals surface area contributed by atoms with E-state index in [9.17, 15) is 14.8 Å². The van der Waals surface area contributed by atoms with Gasteiger partial charge < -0.3 is 19.7 Å². The standard InChI is InChI=1S/C36H28BNO4/c1-42-36(39)33-22-19-29(24-34(33)37(40)41)26-17-20-30(21-18-26)38(35-16-8-12-27-11-5-6-15-32(27)35)31-14-7-13-28(23-31)25-9-3-2-4-10-25/h2-24,40-41H,1H3. The molecule has 0 bridgehead atoms. The first-order valence-electron chi connectivity index (χ1n) is 13.7. The van der Waals surface area contributed by atoms with Crippen molar-refractivity contribution in [3.63, 3.8) is 0 Å². The van der Waals surface area contributed by atoms with Crippen LogP contribution in [-0.4, -0.2) is 30.2 Å². The molecule has 0 amide bonds. The van der Waals surface area contributed by atoms with Crippen LogP contribution in [0.25, 0.3) is 33.0 Å². The smallest absolute Gasteiger partial charge is 0.465 e. The zero-order chi connectivity index (χ0) is 29.1. The first-order valence-corrected chi connectivity index (χ1v) is 13.7. The third-order valence-corrected chi connectivity index (χ3v) is 7.41. The van der Waals surface area contributed by atoms with Gasteiger partial charge in [-0.3, -0.25) is 0 Å². The number of hydrogen-bond donors (Lipinski definition) is 2. The fourth-order valence-corrected chi connectivity index (χ4v) is 5.34. The lowest BCUT2D eigenvalue weighted by molar-refractivity contribution is 0.0601. The number of benzene rings is 6. The van der Waals surface area contributed by atoms with E-state index < -0.39 is 13.1 Å². The summed E-state index contributed by atoms with van der Waals surface area (Å²) >= 11 is 0. The molecule has 0 aliphatic rings. The molecule has 0 saturated heterocycles. The molecule has 0 saturated carbocycles. The van der Waals surface area contributed by atoms with Crippen molar-refractivity contribution in [3.8, 4) is 22.3 Å². The Kier molecular flexibility index (Phi) is 7.56. The second kappa shape index (κ2) is 11.7. The molecular weight excluding hydrogens is 521 g/mol. The number of carbonyl (C=O) groups is 1. The van der Waals surface area contributed by atoms with Crippen LogP contribution >= 0.6 is 0 Å². The van der Waals surface area contributed by atoms with E-state index in [1.807, 2.05) is 36.4 Å². The highest BCUT2D eigenvalue weighted by Gasteiger charge is 2.22. The quantitative estimate of drug-likeness (QED) is 0.164. The molecule has 0 heterocycles. The van der Waals surface area contributed by atoms with Crippen molar-refractivity contribution in [3.05, 3.63) is 145 Å². The van der Waals surface area contributed by atoms with Crippen molar-refractivity contribution in [2.24, 2.45) is 0 Å². The number of nitrogens with zero attached hydrogens (tertiary/aromatic N) is 1. The SMILES string of the molecule is COC(=O)c1ccc(-c2ccc(N(c3cccc(-c4ccccc4)c3)c3cccc4ccccc34)cc2)cc1B(O)O. The lowest BCUT2D eigenvalue weighted by Gasteiger charge is -2.27. The Morgan fingerprint density at radius 1 is 0.619 bits per heavy atom. The van der Waals surface area contributed by atoms with Gasteiger partial charge in [0.05, 0.1) is 18.4 Å². The molecule has 2 N–H and O–H groups in total. The molecule has 0 aliphatic heterocycles. The van der Waals surface area contributed by atoms with Crippen LogP contribution in [0.5, 0.6) is 0 Å². The lowest BCUT2D eigenvalue weighted by atomic mass is 9.75. The first kappa shape index (κ1) is 27.0. The van der Waals surface area contributed by atoms with E-state index in [0.29, 0.717) is 0 Å². The Bertz CT molecular complexity index is 1870. The molecule has 0 fully saturated rings. The number of esters is 1. The predicted octanol–water partition coefficient (Wildman–Crippen LogP) is 7.11. The number of anilines is 3. The van der Waals surface area contributed by atoms with Gasteiger partial charge in [-0.1, -0.05) is 103 Å². The highest BCUT2D eigenvalue weighted by atomic mass is 16.5. The third-order valence-electron chi connectivity index (χ3n) is 7.41. The summed E-state index contributed by atoms with van der Waals surface area (Å²) in [6.07, 6.45) is 0. The van der Waals surface area contributed by atoms with Gasteiger partial charge >= 0.3 is 13.1 Å². The Morgan fingerprint density at radius 2 is 1.24 bits per heavy atom. The largest absolute Gasteiger partial charge is 0.489 e. The fourth-order valence-electron chi connectivity index (χ4n) is 5.34. The topological polar surface area (TPSA) is 70.0 Å². The summed E-state index contributed by atoms with van der Waals surface area (Å²) in [4.78, 5) is 14.4. The minimum atomic E-state index is -1.81. The first-order chi connectivity index (χ1) is 20.5. The molecule has 42 heavy (non-hydrogen) atoms. The number of rotatable bonds is 7. The van der Waals surface area contributed by atoms with Crippen LogP contribution in [0.4, 0.5) is 17.1 Å². The summed E-state index contributed by atoms with van der Waals surface area (Å²) in [6.45, 7) is 0. The molecule has 0 spiro atoms. The molecule has 6 aromatic carbocycles. The molecule has 0 aromatic heterocycles. The van der Waals surface area contributed by atoms with Crippen LogP contribution in [0.3, 0.4) is 0 Å². The molecule has 6 heteroatoms. The van der Waals surface area contributed by atoms with E-state index in [-0.39, 0.29) is 11.0 Å². The van der Waals surface area contributed by atoms with Crippen LogP contribution in [-0.2, 0) is 4.74 Å². The monoisotopic (exact) mass is 549 g/mol. The molecular formula is C36H28BNO4. The molecule has 0 aliphatic carbocycles. The van der Waals surface area contributed by atoms with Gasteiger partial charge in [-0.15, -0.1) is 0 Å². The van der Waals surface area contributed by atoms with Crippen LogP contribution in [0, 0.1) is 0 Å². The van der Waals surface area contributed by atoms with E-state index >= 15 is 0 Å². The number of carbonyl (C=O) groups excluding carboxylic acids is 1. The fraction of sp³-hybridized carbons (Fsp3) is 0.0278. The van der Waals surface area contributed by atoms with Gasteiger partial charge in [0.25, 0.3) is 0 Å². The highest BCUT2D eigenvalue weighted by molar-refractivity contribution is 6.60. The van der Waals surface area contributed by atoms with Crippen molar-refractivity contribution < 1.29 is 19.6 Å². The van der Waals surface area contributed by atoms with Crippen molar-refractivity contribution in [2.75, 3.05) is 12.0 Å². The van der Waals surface area contributed by atoms with Crippen molar-refractivity contribution in [2.45, 2.75) is 0 Å². The van der Waals surface area contributed by atoms with Crippen LogP contribution < -0.4 is 10.4 Å². The van der Waals surface area contributed by atoms with E-state index in [2.05, 4.69) is 89.8 Å². The van der Waals surface area contributed by atoms with Gasteiger partial charge in [0.2, 0.25) is 0 Å². The van der Waals surface area contributed by atoms with E-state index in [1.54, 1.807) is 18.2 Å². The molecule has 0 unspecified atom stereocenters. The maximum Gasteiger partial charge on any atom is 0.489 e. The van der Waals surface area contributed by atoms with Gasteiger partial charge in [0.1, 0.15) is 0 Å². The number of hydrogen-bond acceptors (Lipinski definition) is 5. The van der Waals surface area contributed by atoms with Gasteiger partial charge in [-0.05, 0) is 69.5 Å². The van der Waals surface area contributed by atoms with Gasteiger partial charge in [0, 0.05) is 16.8 Å². The van der Waals surface area contributed by atoms with E-state index in [0.717, 1.165) is 50.1 Å². The molecule has 6 rings (SSSR count). The number of ether oxygens (including phenoxy) is 1. The summed E-state index contributed by atoms with van der Waals surface area (Å²) < 4.78 is 4.80. The van der Waals surface area contributed by atoms with Gasteiger partial charge in [-0.25, -0.2) is 4.79 Å². The van der Waals surface area contributed by atoms with Gasteiger partial charge in [0.15, 0.2) is 0 Å². The summed E-state index contributed by atoms with van der Waals surface area (Å²) in [7, 11) is -0.545. The van der Waals surface area contributed by atoms with Crippen LogP contribution in [0.2, 0.25) is 0 Å². The van der Waals surface area contributed by atoms with E-state index in [1.165, 1.54) is 7.11 Å². The Hall–Kier alpha value is -5.17. The number of methoxy groups -OCH3 is 1. The average Bonchev–Trinajstić information content (AvgIpc) is 3.05. The second-order valence-corrected chi connectivity index (χ2v) is 9.96. The molecule has 204 valence electrons. The average molecular weight is 549 g/mol. The Morgan fingerprint density at radius 3 is 2.00 bits per heavy atom.